The molecule has 0 N–H and O–H groups in total. The molecular formula is C29H34O4. The third kappa shape index (κ3) is 5.11. The number of allylic oxidation sites excluding steroid dienone is 1. The summed E-state index contributed by atoms with van der Waals surface area (Å²) in [6, 6.07) is 13.5. The number of carbonyl (C=O) groups is 2. The van der Waals surface area contributed by atoms with Crippen LogP contribution < -0.4 is 4.74 Å². The van der Waals surface area contributed by atoms with Crippen LogP contribution in [-0.2, 0) is 27.2 Å². The number of ether oxygens (including phenoxy) is 2. The summed E-state index contributed by atoms with van der Waals surface area (Å²) in [5.74, 6) is 0.388. The van der Waals surface area contributed by atoms with E-state index in [0.717, 1.165) is 48.8 Å². The number of benzene rings is 2. The van der Waals surface area contributed by atoms with Crippen LogP contribution in [0, 0.1) is 12.3 Å². The number of hydrogen-bond acceptors (Lipinski definition) is 4. The van der Waals surface area contributed by atoms with Gasteiger partial charge in [-0.25, -0.2) is 0 Å². The Morgan fingerprint density at radius 3 is 2.24 bits per heavy atom. The molecule has 1 aliphatic heterocycles. The number of ketones is 1. The molecule has 0 aromatic heterocycles. The molecule has 1 spiro atoms. The zero-order valence-corrected chi connectivity index (χ0v) is 20.0. The first-order valence-electron chi connectivity index (χ1n) is 12.2. The van der Waals surface area contributed by atoms with Gasteiger partial charge in [0.15, 0.2) is 5.78 Å². The molecule has 1 saturated heterocycles. The summed E-state index contributed by atoms with van der Waals surface area (Å²) in [6.45, 7) is 7.72. The van der Waals surface area contributed by atoms with Crippen molar-refractivity contribution in [3.05, 3.63) is 70.3 Å². The molecule has 1 aliphatic carbocycles. The van der Waals surface area contributed by atoms with Crippen LogP contribution in [0.1, 0.15) is 68.2 Å². The van der Waals surface area contributed by atoms with E-state index in [0.29, 0.717) is 25.4 Å². The van der Waals surface area contributed by atoms with Gasteiger partial charge in [0.2, 0.25) is 0 Å². The number of rotatable bonds is 6. The molecule has 0 bridgehead atoms. The van der Waals surface area contributed by atoms with Gasteiger partial charge in [0.1, 0.15) is 5.75 Å². The normalized spacial score (nSPS) is 18.0. The quantitative estimate of drug-likeness (QED) is 0.402. The van der Waals surface area contributed by atoms with Crippen LogP contribution in [0.15, 0.2) is 48.0 Å². The van der Waals surface area contributed by atoms with Gasteiger partial charge >= 0.3 is 5.97 Å². The molecule has 1 fully saturated rings. The first-order chi connectivity index (χ1) is 15.9. The first-order valence-corrected chi connectivity index (χ1v) is 12.2. The summed E-state index contributed by atoms with van der Waals surface area (Å²) < 4.78 is 11.2. The van der Waals surface area contributed by atoms with Gasteiger partial charge in [0.05, 0.1) is 6.42 Å². The second-order valence-electron chi connectivity index (χ2n) is 9.50. The molecule has 0 amide bonds. The van der Waals surface area contributed by atoms with Gasteiger partial charge < -0.3 is 9.47 Å². The van der Waals surface area contributed by atoms with Crippen LogP contribution in [0.3, 0.4) is 0 Å². The van der Waals surface area contributed by atoms with E-state index in [1.807, 2.05) is 18.2 Å². The summed E-state index contributed by atoms with van der Waals surface area (Å²) in [5, 5.41) is 0. The van der Waals surface area contributed by atoms with Crippen molar-refractivity contribution in [3.63, 3.8) is 0 Å². The molecule has 174 valence electrons. The highest BCUT2D eigenvalue weighted by Crippen LogP contribution is 2.49. The zero-order valence-electron chi connectivity index (χ0n) is 20.0. The standard InChI is InChI=1S/C29H34O4/c1-4-21-15-20(3)16-22(5-2)27(21)28-23(17-26(31)33-24-9-7-6-8-10-24)18-29(19-25(28)30)11-13-32-14-12-29/h6-10,15-16H,4-5,11-14,17-19H2,1-3H3. The van der Waals surface area contributed by atoms with Crippen molar-refractivity contribution in [2.45, 2.75) is 65.7 Å². The highest BCUT2D eigenvalue weighted by Gasteiger charge is 2.42. The third-order valence-electron chi connectivity index (χ3n) is 7.10. The molecular weight excluding hydrogens is 412 g/mol. The summed E-state index contributed by atoms with van der Waals surface area (Å²) in [5.41, 5.74) is 6.24. The van der Waals surface area contributed by atoms with Crippen molar-refractivity contribution < 1.29 is 19.1 Å². The van der Waals surface area contributed by atoms with Crippen molar-refractivity contribution in [1.29, 1.82) is 0 Å². The largest absolute Gasteiger partial charge is 0.426 e. The monoisotopic (exact) mass is 446 g/mol. The molecule has 2 aliphatic rings. The summed E-state index contributed by atoms with van der Waals surface area (Å²) in [7, 11) is 0. The van der Waals surface area contributed by atoms with E-state index in [1.165, 1.54) is 16.7 Å². The summed E-state index contributed by atoms with van der Waals surface area (Å²) in [4.78, 5) is 26.8. The maximum absolute atomic E-state index is 13.8. The van der Waals surface area contributed by atoms with Crippen molar-refractivity contribution in [1.82, 2.24) is 0 Å². The number of para-hydroxylation sites is 1. The van der Waals surface area contributed by atoms with E-state index >= 15 is 0 Å². The van der Waals surface area contributed by atoms with Gasteiger partial charge in [-0.2, -0.15) is 0 Å². The minimum absolute atomic E-state index is 0.107. The van der Waals surface area contributed by atoms with Crippen molar-refractivity contribution >= 4 is 17.3 Å². The van der Waals surface area contributed by atoms with Gasteiger partial charge in [0, 0.05) is 25.2 Å². The van der Waals surface area contributed by atoms with E-state index in [-0.39, 0.29) is 23.6 Å². The maximum Gasteiger partial charge on any atom is 0.315 e. The predicted molar refractivity (Wildman–Crippen MR) is 130 cm³/mol. The van der Waals surface area contributed by atoms with Gasteiger partial charge in [-0.3, -0.25) is 9.59 Å². The van der Waals surface area contributed by atoms with E-state index < -0.39 is 0 Å². The number of esters is 1. The minimum Gasteiger partial charge on any atom is -0.426 e. The Hall–Kier alpha value is -2.72. The fraction of sp³-hybridized carbons (Fsp3) is 0.448. The van der Waals surface area contributed by atoms with E-state index in [2.05, 4.69) is 32.9 Å². The molecule has 2 aromatic carbocycles. The van der Waals surface area contributed by atoms with Crippen LogP contribution in [0.2, 0.25) is 0 Å². The molecule has 0 saturated carbocycles. The lowest BCUT2D eigenvalue weighted by atomic mass is 9.64. The van der Waals surface area contributed by atoms with Gasteiger partial charge in [0.25, 0.3) is 0 Å². The van der Waals surface area contributed by atoms with E-state index in [1.54, 1.807) is 12.1 Å². The number of Topliss-reactive ketones (excluding diaryl/α,β-unsaturated/α-hetero) is 1. The number of hydrogen-bond donors (Lipinski definition) is 0. The molecule has 2 aromatic rings. The van der Waals surface area contributed by atoms with Crippen LogP contribution in [-0.4, -0.2) is 25.0 Å². The topological polar surface area (TPSA) is 52.6 Å². The lowest BCUT2D eigenvalue weighted by Crippen LogP contribution is -2.36. The van der Waals surface area contributed by atoms with Crippen LogP contribution >= 0.6 is 0 Å². The Balaban J connectivity index is 1.79. The molecule has 33 heavy (non-hydrogen) atoms. The van der Waals surface area contributed by atoms with Crippen LogP contribution in [0.25, 0.3) is 5.57 Å². The van der Waals surface area contributed by atoms with Crippen LogP contribution in [0.5, 0.6) is 5.75 Å². The van der Waals surface area contributed by atoms with Crippen LogP contribution in [0.4, 0.5) is 0 Å². The highest BCUT2D eigenvalue weighted by molar-refractivity contribution is 6.23. The first kappa shape index (κ1) is 23.4. The molecule has 4 nitrogen and oxygen atoms in total. The van der Waals surface area contributed by atoms with Crippen molar-refractivity contribution in [3.8, 4) is 5.75 Å². The molecule has 0 radical (unpaired) electrons. The SMILES string of the molecule is CCc1cc(C)cc(CC)c1C1=C(CC(=O)Oc2ccccc2)CC2(CCOCC2)CC1=O. The Morgan fingerprint density at radius 1 is 1.00 bits per heavy atom. The minimum atomic E-state index is -0.311. The Kier molecular flexibility index (Phi) is 7.14. The maximum atomic E-state index is 13.8. The Labute approximate surface area is 197 Å². The molecule has 4 heteroatoms. The third-order valence-corrected chi connectivity index (χ3v) is 7.10. The summed E-state index contributed by atoms with van der Waals surface area (Å²) in [6.07, 6.45) is 4.84. The van der Waals surface area contributed by atoms with Crippen molar-refractivity contribution in [2.75, 3.05) is 13.2 Å². The second kappa shape index (κ2) is 10.0. The molecule has 0 atom stereocenters. The molecule has 4 rings (SSSR count). The average molecular weight is 447 g/mol. The lowest BCUT2D eigenvalue weighted by molar-refractivity contribution is -0.133. The second-order valence-corrected chi connectivity index (χ2v) is 9.50. The lowest BCUT2D eigenvalue weighted by Gasteiger charge is -2.41. The fourth-order valence-electron chi connectivity index (χ4n) is 5.51. The van der Waals surface area contributed by atoms with Gasteiger partial charge in [-0.15, -0.1) is 0 Å². The highest BCUT2D eigenvalue weighted by atomic mass is 16.5. The smallest absolute Gasteiger partial charge is 0.315 e. The number of aryl methyl sites for hydroxylation is 3. The fourth-order valence-corrected chi connectivity index (χ4v) is 5.51. The summed E-state index contributed by atoms with van der Waals surface area (Å²) >= 11 is 0. The molecule has 1 heterocycles. The zero-order chi connectivity index (χ0) is 23.4. The number of carbonyl (C=O) groups excluding carboxylic acids is 2. The van der Waals surface area contributed by atoms with Gasteiger partial charge in [-0.05, 0) is 78.8 Å². The average Bonchev–Trinajstić information content (AvgIpc) is 2.80. The van der Waals surface area contributed by atoms with Crippen molar-refractivity contribution in [2.24, 2.45) is 5.41 Å². The Bertz CT molecular complexity index is 1030. The molecule has 0 unspecified atom stereocenters. The van der Waals surface area contributed by atoms with E-state index in [4.69, 9.17) is 9.47 Å². The van der Waals surface area contributed by atoms with E-state index in [9.17, 15) is 9.59 Å². The predicted octanol–water partition coefficient (Wildman–Crippen LogP) is 6.03. The Morgan fingerprint density at radius 2 is 1.64 bits per heavy atom. The van der Waals surface area contributed by atoms with Gasteiger partial charge in [-0.1, -0.05) is 49.7 Å².